The fourth-order valence-corrected chi connectivity index (χ4v) is 3.15. The molecule has 0 spiro atoms. The zero-order valence-electron chi connectivity index (χ0n) is 7.19. The molecule has 0 aliphatic heterocycles. The molecule has 0 radical (unpaired) electrons. The van der Waals surface area contributed by atoms with E-state index in [2.05, 4.69) is 29.4 Å². The summed E-state index contributed by atoms with van der Waals surface area (Å²) < 4.78 is 2.02. The largest absolute Gasteiger partial charge is 0.175 e. The molecule has 0 bridgehead atoms. The molecule has 0 unspecified atom stereocenters. The Morgan fingerprint density at radius 1 is 1.54 bits per heavy atom. The van der Waals surface area contributed by atoms with Gasteiger partial charge in [-0.05, 0) is 6.26 Å². The van der Waals surface area contributed by atoms with Crippen LogP contribution in [0.5, 0.6) is 0 Å². The molecule has 13 heavy (non-hydrogen) atoms. The van der Waals surface area contributed by atoms with E-state index in [1.807, 2.05) is 6.26 Å². The highest BCUT2D eigenvalue weighted by Crippen LogP contribution is 2.28. The van der Waals surface area contributed by atoms with E-state index in [9.17, 15) is 0 Å². The normalized spacial score (nSPS) is 10.3. The lowest BCUT2D eigenvalue weighted by Gasteiger charge is -1.96. The van der Waals surface area contributed by atoms with Crippen molar-refractivity contribution in [2.45, 2.75) is 8.68 Å². The third-order valence-corrected chi connectivity index (χ3v) is 4.81. The second-order valence-corrected chi connectivity index (χ2v) is 5.80. The molecular formula is C7H10N2S4. The van der Waals surface area contributed by atoms with Crippen LogP contribution in [0.4, 0.5) is 0 Å². The van der Waals surface area contributed by atoms with E-state index in [1.165, 1.54) is 0 Å². The summed E-state index contributed by atoms with van der Waals surface area (Å²) in [5.41, 5.74) is 1.12. The van der Waals surface area contributed by atoms with Crippen molar-refractivity contribution in [3.8, 4) is 0 Å². The Morgan fingerprint density at radius 3 is 2.77 bits per heavy atom. The summed E-state index contributed by atoms with van der Waals surface area (Å²) in [6, 6.07) is 0. The van der Waals surface area contributed by atoms with E-state index < -0.39 is 0 Å². The van der Waals surface area contributed by atoms with Crippen LogP contribution >= 0.6 is 47.5 Å². The summed E-state index contributed by atoms with van der Waals surface area (Å²) >= 11 is 9.06. The zero-order valence-corrected chi connectivity index (χ0v) is 10.5. The van der Waals surface area contributed by atoms with Gasteiger partial charge in [0.2, 0.25) is 0 Å². The van der Waals surface area contributed by atoms with Crippen molar-refractivity contribution in [3.63, 3.8) is 0 Å². The summed E-state index contributed by atoms with van der Waals surface area (Å²) in [6.07, 6.45) is 2.00. The van der Waals surface area contributed by atoms with Gasteiger partial charge >= 0.3 is 0 Å². The predicted octanol–water partition coefficient (Wildman–Crippen LogP) is 2.84. The van der Waals surface area contributed by atoms with Crippen LogP contribution in [0.3, 0.4) is 0 Å². The van der Waals surface area contributed by atoms with E-state index in [0.717, 1.165) is 25.8 Å². The molecule has 0 aliphatic rings. The number of thioether (sulfide) groups is 2. The van der Waals surface area contributed by atoms with Crippen molar-refractivity contribution >= 4 is 47.5 Å². The van der Waals surface area contributed by atoms with Crippen LogP contribution in [-0.4, -0.2) is 28.0 Å². The van der Waals surface area contributed by atoms with Crippen molar-refractivity contribution in [2.24, 2.45) is 0 Å². The van der Waals surface area contributed by atoms with Crippen LogP contribution < -0.4 is 0 Å². The summed E-state index contributed by atoms with van der Waals surface area (Å²) in [4.78, 5) is 0. The Morgan fingerprint density at radius 2 is 2.23 bits per heavy atom. The molecular weight excluding hydrogens is 240 g/mol. The maximum absolute atomic E-state index is 4.14. The fourth-order valence-electron chi connectivity index (χ4n) is 0.547. The number of aromatic nitrogens is 2. The molecule has 2 nitrogen and oxygen atoms in total. The second-order valence-electron chi connectivity index (χ2n) is 2.23. The van der Waals surface area contributed by atoms with Gasteiger partial charge < -0.3 is 0 Å². The smallest absolute Gasteiger partial charge is 0.175 e. The zero-order chi connectivity index (χ0) is 9.68. The first-order chi connectivity index (χ1) is 6.26. The average Bonchev–Trinajstić information content (AvgIpc) is 2.61. The fraction of sp³-hybridized carbons (Fsp3) is 0.429. The molecule has 0 fully saturated rings. The number of rotatable bonds is 5. The van der Waals surface area contributed by atoms with E-state index in [0.29, 0.717) is 0 Å². The van der Waals surface area contributed by atoms with Gasteiger partial charge in [0.15, 0.2) is 8.68 Å². The van der Waals surface area contributed by atoms with E-state index in [4.69, 9.17) is 0 Å². The highest BCUT2D eigenvalue weighted by Gasteiger charge is 2.03. The van der Waals surface area contributed by atoms with Crippen molar-refractivity contribution in [1.29, 1.82) is 0 Å². The third-order valence-electron chi connectivity index (χ3n) is 1.19. The molecule has 0 saturated heterocycles. The van der Waals surface area contributed by atoms with Crippen LogP contribution in [0, 0.1) is 0 Å². The molecule has 0 atom stereocenters. The highest BCUT2D eigenvalue weighted by molar-refractivity contribution is 8.03. The molecule has 0 saturated carbocycles. The van der Waals surface area contributed by atoms with Gasteiger partial charge in [0.25, 0.3) is 0 Å². The minimum absolute atomic E-state index is 0.737. The van der Waals surface area contributed by atoms with Crippen LogP contribution in [0.2, 0.25) is 0 Å². The van der Waals surface area contributed by atoms with Gasteiger partial charge in [0, 0.05) is 11.5 Å². The molecule has 72 valence electrons. The van der Waals surface area contributed by atoms with Crippen molar-refractivity contribution in [1.82, 2.24) is 10.2 Å². The Hall–Kier alpha value is 0.350. The Kier molecular flexibility index (Phi) is 5.23. The molecule has 1 aromatic rings. The molecule has 0 N–H and O–H groups in total. The van der Waals surface area contributed by atoms with Gasteiger partial charge in [0.1, 0.15) is 0 Å². The maximum atomic E-state index is 4.14. The Labute approximate surface area is 96.0 Å². The number of hydrogen-bond acceptors (Lipinski definition) is 6. The minimum Gasteiger partial charge on any atom is -0.175 e. The van der Waals surface area contributed by atoms with Crippen LogP contribution in [0.1, 0.15) is 0 Å². The first-order valence-corrected chi connectivity index (χ1v) is 7.20. The first kappa shape index (κ1) is 11.4. The van der Waals surface area contributed by atoms with Gasteiger partial charge in [-0.1, -0.05) is 47.0 Å². The molecule has 0 amide bonds. The maximum Gasteiger partial charge on any atom is 0.175 e. The van der Waals surface area contributed by atoms with Crippen LogP contribution in [-0.2, 0) is 0 Å². The van der Waals surface area contributed by atoms with Gasteiger partial charge in [-0.2, -0.15) is 12.6 Å². The lowest BCUT2D eigenvalue weighted by molar-refractivity contribution is 0.956. The monoisotopic (exact) mass is 250 g/mol. The summed E-state index contributed by atoms with van der Waals surface area (Å²) in [5.74, 6) is 1.62. The molecule has 1 aromatic heterocycles. The first-order valence-electron chi connectivity index (χ1n) is 3.54. The molecule has 0 aliphatic carbocycles. The average molecular weight is 250 g/mol. The number of thiol groups is 1. The van der Waals surface area contributed by atoms with Crippen LogP contribution in [0.25, 0.3) is 0 Å². The Bertz CT molecular complexity index is 284. The third kappa shape index (κ3) is 3.93. The molecule has 0 aromatic carbocycles. The number of hydrogen-bond donors (Lipinski definition) is 1. The SMILES string of the molecule is C=C(CS)CSc1nnc(SC)s1. The topological polar surface area (TPSA) is 25.8 Å². The van der Waals surface area contributed by atoms with Crippen molar-refractivity contribution in [2.75, 3.05) is 17.8 Å². The predicted molar refractivity (Wildman–Crippen MR) is 65.4 cm³/mol. The van der Waals surface area contributed by atoms with Gasteiger partial charge in [-0.15, -0.1) is 10.2 Å². The van der Waals surface area contributed by atoms with E-state index >= 15 is 0 Å². The summed E-state index contributed by atoms with van der Waals surface area (Å²) in [7, 11) is 0. The highest BCUT2D eigenvalue weighted by atomic mass is 32.2. The Balaban J connectivity index is 2.41. The minimum atomic E-state index is 0.737. The molecule has 1 rings (SSSR count). The van der Waals surface area contributed by atoms with Gasteiger partial charge in [-0.25, -0.2) is 0 Å². The van der Waals surface area contributed by atoms with Crippen molar-refractivity contribution < 1.29 is 0 Å². The second kappa shape index (κ2) is 5.95. The molecule has 6 heteroatoms. The van der Waals surface area contributed by atoms with Gasteiger partial charge in [0.05, 0.1) is 0 Å². The quantitative estimate of drug-likeness (QED) is 0.494. The molecule has 1 heterocycles. The lowest BCUT2D eigenvalue weighted by atomic mass is 10.4. The number of nitrogens with zero attached hydrogens (tertiary/aromatic N) is 2. The van der Waals surface area contributed by atoms with Gasteiger partial charge in [-0.3, -0.25) is 0 Å². The van der Waals surface area contributed by atoms with E-state index in [-0.39, 0.29) is 0 Å². The summed E-state index contributed by atoms with van der Waals surface area (Å²) in [6.45, 7) is 3.87. The lowest BCUT2D eigenvalue weighted by Crippen LogP contribution is -1.85. The van der Waals surface area contributed by atoms with E-state index in [1.54, 1.807) is 34.9 Å². The standard InChI is InChI=1S/C7H10N2S4/c1-5(3-10)4-12-7-9-8-6(11-2)13-7/h10H,1,3-4H2,2H3. The summed E-state index contributed by atoms with van der Waals surface area (Å²) in [5, 5.41) is 8.04. The van der Waals surface area contributed by atoms with Crippen molar-refractivity contribution in [3.05, 3.63) is 12.2 Å². The van der Waals surface area contributed by atoms with Crippen LogP contribution in [0.15, 0.2) is 20.8 Å².